The highest BCUT2D eigenvalue weighted by atomic mass is 32.2. The molecule has 0 aliphatic carbocycles. The van der Waals surface area contributed by atoms with Gasteiger partial charge in [0.25, 0.3) is 10.1 Å². The molecule has 0 amide bonds. The number of ether oxygens (including phenoxy) is 3. The summed E-state index contributed by atoms with van der Waals surface area (Å²) in [6.45, 7) is 13.2. The van der Waals surface area contributed by atoms with Crippen LogP contribution in [-0.4, -0.2) is 33.0 Å². The van der Waals surface area contributed by atoms with Gasteiger partial charge in [-0.15, -0.1) is 0 Å². The molecule has 2 heterocycles. The Morgan fingerprint density at radius 1 is 0.811 bits per heavy atom. The zero-order valence-corrected chi connectivity index (χ0v) is 23.8. The van der Waals surface area contributed by atoms with Crippen LogP contribution >= 0.6 is 0 Å². The first-order chi connectivity index (χ1) is 17.2. The van der Waals surface area contributed by atoms with Crippen molar-refractivity contribution in [3.8, 4) is 11.5 Å². The third-order valence-corrected chi connectivity index (χ3v) is 7.41. The summed E-state index contributed by atoms with van der Waals surface area (Å²) in [5.74, 6) is 1.51. The van der Waals surface area contributed by atoms with E-state index in [0.717, 1.165) is 51.1 Å². The second-order valence-electron chi connectivity index (χ2n) is 12.1. The number of hydrogen-bond donors (Lipinski definition) is 1. The maximum absolute atomic E-state index is 11.4. The first kappa shape index (κ1) is 27.9. The summed E-state index contributed by atoms with van der Waals surface area (Å²) in [4.78, 5) is 0. The maximum atomic E-state index is 11.4. The van der Waals surface area contributed by atoms with E-state index < -0.39 is 22.7 Å². The molecule has 2 aromatic carbocycles. The van der Waals surface area contributed by atoms with Crippen molar-refractivity contribution in [2.75, 3.05) is 19.5 Å². The lowest BCUT2D eigenvalue weighted by molar-refractivity contribution is -0.228. The van der Waals surface area contributed by atoms with Crippen LogP contribution in [0.2, 0.25) is 0 Å². The number of rotatable bonds is 8. The van der Waals surface area contributed by atoms with Gasteiger partial charge in [-0.2, -0.15) is 8.42 Å². The molecule has 1 N–H and O–H groups in total. The second-order valence-corrected chi connectivity index (χ2v) is 13.7. The van der Waals surface area contributed by atoms with Gasteiger partial charge in [-0.05, 0) is 70.9 Å². The SMILES string of the molecule is CC(C)(C)c1cc(CCCO)c2c(c1)C1Oc3c(CCCOS(C)(=O)=O)cc(C(C)(C)C)cc3C(O2)O1. The summed E-state index contributed by atoms with van der Waals surface area (Å²) in [6.07, 6.45) is 2.28. The van der Waals surface area contributed by atoms with Crippen molar-refractivity contribution in [3.05, 3.63) is 57.6 Å². The van der Waals surface area contributed by atoms with Gasteiger partial charge in [0.05, 0.1) is 24.0 Å². The fourth-order valence-corrected chi connectivity index (χ4v) is 5.12. The highest BCUT2D eigenvalue weighted by Gasteiger charge is 2.41. The van der Waals surface area contributed by atoms with Gasteiger partial charge in [-0.3, -0.25) is 8.92 Å². The van der Waals surface area contributed by atoms with E-state index in [1.807, 2.05) is 0 Å². The van der Waals surface area contributed by atoms with Gasteiger partial charge in [-0.1, -0.05) is 53.7 Å². The summed E-state index contributed by atoms with van der Waals surface area (Å²) in [7, 11) is -3.49. The van der Waals surface area contributed by atoms with Crippen LogP contribution in [0, 0.1) is 0 Å². The number of aliphatic hydroxyl groups excluding tert-OH is 1. The van der Waals surface area contributed by atoms with Crippen LogP contribution < -0.4 is 9.47 Å². The highest BCUT2D eigenvalue weighted by Crippen LogP contribution is 2.51. The predicted molar refractivity (Wildman–Crippen MR) is 143 cm³/mol. The Bertz CT molecular complexity index is 1250. The summed E-state index contributed by atoms with van der Waals surface area (Å²) in [6, 6.07) is 8.51. The average Bonchev–Trinajstić information content (AvgIpc) is 2.78. The molecular weight excluding hydrogens is 492 g/mol. The molecule has 2 aromatic rings. The van der Waals surface area contributed by atoms with Gasteiger partial charge in [0.1, 0.15) is 11.5 Å². The summed E-state index contributed by atoms with van der Waals surface area (Å²) < 4.78 is 47.2. The van der Waals surface area contributed by atoms with Crippen molar-refractivity contribution in [3.63, 3.8) is 0 Å². The normalized spacial score (nSPS) is 19.0. The third-order valence-electron chi connectivity index (χ3n) is 6.82. The summed E-state index contributed by atoms with van der Waals surface area (Å²) in [5, 5.41) is 9.49. The zero-order chi connectivity index (χ0) is 27.2. The van der Waals surface area contributed by atoms with Crippen molar-refractivity contribution in [1.29, 1.82) is 0 Å². The van der Waals surface area contributed by atoms with Crippen LogP contribution in [0.1, 0.15) is 100 Å². The lowest BCUT2D eigenvalue weighted by Gasteiger charge is -2.40. The Hall–Kier alpha value is -2.13. The van der Waals surface area contributed by atoms with E-state index in [2.05, 4.69) is 65.8 Å². The first-order valence-corrected chi connectivity index (χ1v) is 14.8. The number of benzene rings is 2. The third kappa shape index (κ3) is 6.30. The van der Waals surface area contributed by atoms with Crippen LogP contribution in [0.4, 0.5) is 0 Å². The van der Waals surface area contributed by atoms with E-state index in [0.29, 0.717) is 25.7 Å². The molecule has 204 valence electrons. The molecule has 37 heavy (non-hydrogen) atoms. The van der Waals surface area contributed by atoms with Gasteiger partial charge in [-0.25, -0.2) is 0 Å². The smallest absolute Gasteiger partial charge is 0.264 e. The van der Waals surface area contributed by atoms with Gasteiger partial charge >= 0.3 is 0 Å². The molecule has 0 aromatic heterocycles. The Morgan fingerprint density at radius 3 is 1.68 bits per heavy atom. The molecular formula is C29H40O7S. The van der Waals surface area contributed by atoms with Gasteiger partial charge < -0.3 is 14.6 Å². The van der Waals surface area contributed by atoms with Crippen LogP contribution in [-0.2, 0) is 42.7 Å². The van der Waals surface area contributed by atoms with Crippen molar-refractivity contribution < 1.29 is 31.9 Å². The molecule has 0 radical (unpaired) electrons. The minimum atomic E-state index is -3.49. The van der Waals surface area contributed by atoms with Gasteiger partial charge in [0.15, 0.2) is 0 Å². The van der Waals surface area contributed by atoms with Crippen molar-refractivity contribution in [2.45, 2.75) is 90.6 Å². The van der Waals surface area contributed by atoms with E-state index in [1.165, 1.54) is 0 Å². The molecule has 0 fully saturated rings. The Balaban J connectivity index is 1.75. The van der Waals surface area contributed by atoms with Crippen LogP contribution in [0.5, 0.6) is 11.5 Å². The molecule has 7 nitrogen and oxygen atoms in total. The average molecular weight is 533 g/mol. The molecule has 2 aliphatic heterocycles. The fourth-order valence-electron chi connectivity index (χ4n) is 4.70. The molecule has 4 rings (SSSR count). The Kier molecular flexibility index (Phi) is 7.70. The molecule has 2 unspecified atom stereocenters. The molecule has 2 aliphatic rings. The second kappa shape index (κ2) is 10.2. The molecule has 8 heteroatoms. The molecule has 2 bridgehead atoms. The lowest BCUT2D eigenvalue weighted by atomic mass is 9.83. The van der Waals surface area contributed by atoms with E-state index in [9.17, 15) is 13.5 Å². The number of fused-ring (bicyclic) bond motifs is 6. The van der Waals surface area contributed by atoms with Gasteiger partial charge in [0.2, 0.25) is 12.6 Å². The summed E-state index contributed by atoms with van der Waals surface area (Å²) >= 11 is 0. The number of hydrogen-bond acceptors (Lipinski definition) is 7. The Labute approximate surface area is 221 Å². The largest absolute Gasteiger partial charge is 0.459 e. The van der Waals surface area contributed by atoms with Crippen LogP contribution in [0.3, 0.4) is 0 Å². The molecule has 0 spiro atoms. The molecule has 0 saturated heterocycles. The fraction of sp³-hybridized carbons (Fsp3) is 0.586. The molecule has 2 atom stereocenters. The van der Waals surface area contributed by atoms with E-state index in [4.69, 9.17) is 18.4 Å². The summed E-state index contributed by atoms with van der Waals surface area (Å²) in [5.41, 5.74) is 5.79. The minimum absolute atomic E-state index is 0.0845. The standard InChI is InChI=1S/C29H40O7S/c1-28(2,3)20-14-18(10-8-12-30)24-22(16-20)26-35-25-19(11-9-13-33-37(7,31)32)15-21(29(4,5)6)17-23(25)27(34-24)36-26/h14-17,26-27,30H,8-13H2,1-7H3. The van der Waals surface area contributed by atoms with E-state index in [1.54, 1.807) is 0 Å². The quantitative estimate of drug-likeness (QED) is 0.349. The monoisotopic (exact) mass is 532 g/mol. The predicted octanol–water partition coefficient (Wildman–Crippen LogP) is 5.61. The minimum Gasteiger partial charge on any atom is -0.459 e. The number of aliphatic hydroxyl groups is 1. The van der Waals surface area contributed by atoms with E-state index in [-0.39, 0.29) is 24.0 Å². The number of aryl methyl sites for hydroxylation is 2. The molecule has 0 saturated carbocycles. The highest BCUT2D eigenvalue weighted by molar-refractivity contribution is 7.85. The topological polar surface area (TPSA) is 91.3 Å². The van der Waals surface area contributed by atoms with Crippen molar-refractivity contribution in [2.24, 2.45) is 0 Å². The Morgan fingerprint density at radius 2 is 1.27 bits per heavy atom. The van der Waals surface area contributed by atoms with Crippen molar-refractivity contribution in [1.82, 2.24) is 0 Å². The van der Waals surface area contributed by atoms with Crippen LogP contribution in [0.25, 0.3) is 0 Å². The zero-order valence-electron chi connectivity index (χ0n) is 23.0. The van der Waals surface area contributed by atoms with Gasteiger partial charge in [0, 0.05) is 6.61 Å². The lowest BCUT2D eigenvalue weighted by Crippen LogP contribution is -2.32. The maximum Gasteiger partial charge on any atom is 0.264 e. The van der Waals surface area contributed by atoms with Crippen LogP contribution in [0.15, 0.2) is 24.3 Å². The van der Waals surface area contributed by atoms with Crippen molar-refractivity contribution >= 4 is 10.1 Å². The van der Waals surface area contributed by atoms with E-state index >= 15 is 0 Å². The first-order valence-electron chi connectivity index (χ1n) is 13.0.